The van der Waals surface area contributed by atoms with Crippen molar-refractivity contribution in [2.45, 2.75) is 72.0 Å². The van der Waals surface area contributed by atoms with E-state index in [-0.39, 0.29) is 23.0 Å². The standard InChI is InChI=1S/C18H28O2/c1-12-11-13(17(2,3)4)7-8-14(12)20-15-9-10-18(5,6)16(15)19/h7-8,11,15-16,19H,9-10H2,1-6H3. The van der Waals surface area contributed by atoms with Gasteiger partial charge in [-0.15, -0.1) is 0 Å². The third-order valence-electron chi connectivity index (χ3n) is 4.55. The molecule has 1 aliphatic carbocycles. The Labute approximate surface area is 123 Å². The monoisotopic (exact) mass is 276 g/mol. The first kappa shape index (κ1) is 15.4. The van der Waals surface area contributed by atoms with Crippen LogP contribution in [0.1, 0.15) is 58.6 Å². The van der Waals surface area contributed by atoms with Gasteiger partial charge in [-0.25, -0.2) is 0 Å². The molecule has 2 rings (SSSR count). The molecule has 2 unspecified atom stereocenters. The van der Waals surface area contributed by atoms with E-state index < -0.39 is 0 Å². The van der Waals surface area contributed by atoms with Crippen molar-refractivity contribution in [2.75, 3.05) is 0 Å². The van der Waals surface area contributed by atoms with Gasteiger partial charge in [0, 0.05) is 0 Å². The maximum absolute atomic E-state index is 10.3. The van der Waals surface area contributed by atoms with E-state index in [0.29, 0.717) is 0 Å². The van der Waals surface area contributed by atoms with Crippen molar-refractivity contribution in [3.05, 3.63) is 29.3 Å². The van der Waals surface area contributed by atoms with E-state index in [2.05, 4.69) is 53.7 Å². The summed E-state index contributed by atoms with van der Waals surface area (Å²) in [5.74, 6) is 0.903. The fraction of sp³-hybridized carbons (Fsp3) is 0.667. The lowest BCUT2D eigenvalue weighted by atomic mass is 9.86. The van der Waals surface area contributed by atoms with E-state index >= 15 is 0 Å². The number of rotatable bonds is 2. The summed E-state index contributed by atoms with van der Waals surface area (Å²) < 4.78 is 6.07. The normalized spacial score (nSPS) is 25.8. The lowest BCUT2D eigenvalue weighted by Crippen LogP contribution is -2.34. The summed E-state index contributed by atoms with van der Waals surface area (Å²) in [5, 5.41) is 10.3. The lowest BCUT2D eigenvalue weighted by molar-refractivity contribution is 0.00467. The first-order valence-corrected chi connectivity index (χ1v) is 7.57. The number of ether oxygens (including phenoxy) is 1. The van der Waals surface area contributed by atoms with Gasteiger partial charge in [0.15, 0.2) is 0 Å². The number of aliphatic hydroxyl groups excluding tert-OH is 1. The molecule has 0 spiro atoms. The molecule has 0 radical (unpaired) electrons. The van der Waals surface area contributed by atoms with Crippen LogP contribution in [0.15, 0.2) is 18.2 Å². The molecule has 1 aliphatic rings. The van der Waals surface area contributed by atoms with Gasteiger partial charge in [0.2, 0.25) is 0 Å². The Morgan fingerprint density at radius 3 is 2.35 bits per heavy atom. The predicted octanol–water partition coefficient (Wildman–Crippen LogP) is 4.22. The van der Waals surface area contributed by atoms with Crippen LogP contribution < -0.4 is 4.74 Å². The first-order valence-electron chi connectivity index (χ1n) is 7.57. The Morgan fingerprint density at radius 2 is 1.90 bits per heavy atom. The van der Waals surface area contributed by atoms with Crippen molar-refractivity contribution in [1.29, 1.82) is 0 Å². The first-order chi connectivity index (χ1) is 9.11. The molecular weight excluding hydrogens is 248 g/mol. The van der Waals surface area contributed by atoms with E-state index in [1.807, 2.05) is 6.07 Å². The molecule has 2 heteroatoms. The number of benzene rings is 1. The van der Waals surface area contributed by atoms with Gasteiger partial charge >= 0.3 is 0 Å². The Kier molecular flexibility index (Phi) is 3.90. The summed E-state index contributed by atoms with van der Waals surface area (Å²) in [5.41, 5.74) is 2.58. The van der Waals surface area contributed by atoms with Gasteiger partial charge in [0.05, 0.1) is 6.10 Å². The minimum absolute atomic E-state index is 0.0378. The van der Waals surface area contributed by atoms with Crippen LogP contribution in [0.5, 0.6) is 5.75 Å². The smallest absolute Gasteiger partial charge is 0.125 e. The van der Waals surface area contributed by atoms with Crippen LogP contribution in [0.25, 0.3) is 0 Å². The molecular formula is C18H28O2. The van der Waals surface area contributed by atoms with Crippen LogP contribution in [-0.2, 0) is 5.41 Å². The van der Waals surface area contributed by atoms with Crippen LogP contribution in [0, 0.1) is 12.3 Å². The van der Waals surface area contributed by atoms with Crippen LogP contribution in [0.3, 0.4) is 0 Å². The molecule has 1 aromatic rings. The SMILES string of the molecule is Cc1cc(C(C)(C)C)ccc1OC1CCC(C)(C)C1O. The van der Waals surface area contributed by atoms with E-state index in [9.17, 15) is 5.11 Å². The summed E-state index contributed by atoms with van der Waals surface area (Å²) in [7, 11) is 0. The maximum atomic E-state index is 10.3. The average Bonchev–Trinajstić information content (AvgIpc) is 2.57. The second kappa shape index (κ2) is 5.07. The van der Waals surface area contributed by atoms with Gasteiger partial charge in [0.1, 0.15) is 11.9 Å². The quantitative estimate of drug-likeness (QED) is 0.876. The molecule has 1 aromatic carbocycles. The van der Waals surface area contributed by atoms with Gasteiger partial charge in [-0.3, -0.25) is 0 Å². The minimum Gasteiger partial charge on any atom is -0.487 e. The van der Waals surface area contributed by atoms with Crippen LogP contribution in [0.4, 0.5) is 0 Å². The lowest BCUT2D eigenvalue weighted by Gasteiger charge is -2.27. The van der Waals surface area contributed by atoms with E-state index in [4.69, 9.17) is 4.74 Å². The molecule has 0 saturated heterocycles. The number of hydrogen-bond donors (Lipinski definition) is 1. The molecule has 0 amide bonds. The zero-order valence-electron chi connectivity index (χ0n) is 13.7. The molecule has 0 bridgehead atoms. The molecule has 2 atom stereocenters. The van der Waals surface area contributed by atoms with E-state index in [0.717, 1.165) is 24.2 Å². The Morgan fingerprint density at radius 1 is 1.25 bits per heavy atom. The van der Waals surface area contributed by atoms with Gasteiger partial charge in [0.25, 0.3) is 0 Å². The summed E-state index contributed by atoms with van der Waals surface area (Å²) in [4.78, 5) is 0. The highest BCUT2D eigenvalue weighted by molar-refractivity contribution is 5.39. The number of aliphatic hydroxyl groups is 1. The third-order valence-corrected chi connectivity index (χ3v) is 4.55. The number of hydrogen-bond acceptors (Lipinski definition) is 2. The minimum atomic E-state index is -0.385. The van der Waals surface area contributed by atoms with Crippen LogP contribution in [0.2, 0.25) is 0 Å². The summed E-state index contributed by atoms with van der Waals surface area (Å²) >= 11 is 0. The van der Waals surface area contributed by atoms with Crippen LogP contribution in [-0.4, -0.2) is 17.3 Å². The fourth-order valence-corrected chi connectivity index (χ4v) is 2.86. The van der Waals surface area contributed by atoms with Gasteiger partial charge in [-0.1, -0.05) is 46.8 Å². The molecule has 112 valence electrons. The van der Waals surface area contributed by atoms with Gasteiger partial charge in [-0.05, 0) is 47.8 Å². The van der Waals surface area contributed by atoms with Gasteiger partial charge in [-0.2, -0.15) is 0 Å². The molecule has 1 N–H and O–H groups in total. The van der Waals surface area contributed by atoms with Crippen molar-refractivity contribution >= 4 is 0 Å². The molecule has 1 fully saturated rings. The topological polar surface area (TPSA) is 29.5 Å². The Bertz CT molecular complexity index is 483. The highest BCUT2D eigenvalue weighted by atomic mass is 16.5. The molecule has 0 heterocycles. The maximum Gasteiger partial charge on any atom is 0.125 e. The van der Waals surface area contributed by atoms with Crippen molar-refractivity contribution in [2.24, 2.45) is 5.41 Å². The van der Waals surface area contributed by atoms with E-state index in [1.165, 1.54) is 5.56 Å². The zero-order chi connectivity index (χ0) is 15.1. The van der Waals surface area contributed by atoms with E-state index in [1.54, 1.807) is 0 Å². The largest absolute Gasteiger partial charge is 0.487 e. The molecule has 2 nitrogen and oxygen atoms in total. The third kappa shape index (κ3) is 3.01. The second-order valence-corrected chi connectivity index (χ2v) is 7.86. The molecule has 0 aromatic heterocycles. The molecule has 20 heavy (non-hydrogen) atoms. The highest BCUT2D eigenvalue weighted by Gasteiger charge is 2.42. The van der Waals surface area contributed by atoms with Crippen molar-refractivity contribution in [3.8, 4) is 5.75 Å². The predicted molar refractivity (Wildman–Crippen MR) is 83.3 cm³/mol. The molecule has 0 aliphatic heterocycles. The average molecular weight is 276 g/mol. The Hall–Kier alpha value is -1.02. The van der Waals surface area contributed by atoms with Gasteiger partial charge < -0.3 is 9.84 Å². The summed E-state index contributed by atoms with van der Waals surface area (Å²) in [6.45, 7) is 12.9. The summed E-state index contributed by atoms with van der Waals surface area (Å²) in [6, 6.07) is 6.38. The highest BCUT2D eigenvalue weighted by Crippen LogP contribution is 2.40. The van der Waals surface area contributed by atoms with Crippen molar-refractivity contribution in [1.82, 2.24) is 0 Å². The van der Waals surface area contributed by atoms with Crippen LogP contribution >= 0.6 is 0 Å². The summed E-state index contributed by atoms with van der Waals surface area (Å²) in [6.07, 6.45) is 1.47. The number of aryl methyl sites for hydroxylation is 1. The molecule has 1 saturated carbocycles. The second-order valence-electron chi connectivity index (χ2n) is 7.86. The Balaban J connectivity index is 2.16. The fourth-order valence-electron chi connectivity index (χ4n) is 2.86. The zero-order valence-corrected chi connectivity index (χ0v) is 13.7. The van der Waals surface area contributed by atoms with Crippen molar-refractivity contribution in [3.63, 3.8) is 0 Å². The van der Waals surface area contributed by atoms with Crippen molar-refractivity contribution < 1.29 is 9.84 Å².